The second-order valence-electron chi connectivity index (χ2n) is 5.67. The molecule has 1 heterocycles. The minimum atomic E-state index is 0.687. The highest BCUT2D eigenvalue weighted by Crippen LogP contribution is 2.27. The molecule has 0 aliphatic heterocycles. The van der Waals surface area contributed by atoms with Crippen molar-refractivity contribution in [3.8, 4) is 17.2 Å². The average Bonchev–Trinajstić information content (AvgIpc) is 2.67. The molecule has 0 aliphatic rings. The lowest BCUT2D eigenvalue weighted by Gasteiger charge is -2.09. The lowest BCUT2D eigenvalue weighted by Crippen LogP contribution is -1.97. The van der Waals surface area contributed by atoms with Gasteiger partial charge >= 0.3 is 0 Å². The number of anilines is 1. The molecule has 0 saturated carbocycles. The number of methoxy groups -OCH3 is 3. The largest absolute Gasteiger partial charge is 0.497 e. The van der Waals surface area contributed by atoms with Gasteiger partial charge in [-0.05, 0) is 43.3 Å². The van der Waals surface area contributed by atoms with Gasteiger partial charge in [0.1, 0.15) is 17.2 Å². The van der Waals surface area contributed by atoms with Crippen LogP contribution in [0.15, 0.2) is 47.6 Å². The van der Waals surface area contributed by atoms with Gasteiger partial charge in [-0.25, -0.2) is 0 Å². The van der Waals surface area contributed by atoms with Crippen LogP contribution in [-0.4, -0.2) is 32.5 Å². The second-order valence-corrected chi connectivity index (χ2v) is 5.67. The molecule has 0 radical (unpaired) electrons. The van der Waals surface area contributed by atoms with E-state index in [0.29, 0.717) is 5.75 Å². The van der Waals surface area contributed by atoms with E-state index >= 15 is 0 Å². The van der Waals surface area contributed by atoms with Crippen molar-refractivity contribution < 1.29 is 14.2 Å². The summed E-state index contributed by atoms with van der Waals surface area (Å²) in [5, 5.41) is 5.30. The maximum absolute atomic E-state index is 5.38. The predicted octanol–water partition coefficient (Wildman–Crippen LogP) is 4.02. The number of fused-ring (bicyclic) bond motifs is 1. The van der Waals surface area contributed by atoms with Crippen molar-refractivity contribution in [3.05, 3.63) is 53.7 Å². The van der Waals surface area contributed by atoms with Crippen molar-refractivity contribution >= 4 is 22.8 Å². The minimum Gasteiger partial charge on any atom is -0.497 e. The van der Waals surface area contributed by atoms with Crippen molar-refractivity contribution in [2.75, 3.05) is 26.8 Å². The molecule has 0 saturated heterocycles. The topological polar surface area (TPSA) is 65.0 Å². The van der Waals surface area contributed by atoms with Gasteiger partial charge in [-0.2, -0.15) is 5.10 Å². The number of aromatic nitrogens is 1. The summed E-state index contributed by atoms with van der Waals surface area (Å²) in [5.74, 6) is 2.19. The second kappa shape index (κ2) is 7.74. The number of hydrogen-bond donors (Lipinski definition) is 1. The summed E-state index contributed by atoms with van der Waals surface area (Å²) in [4.78, 5) is 4.54. The van der Waals surface area contributed by atoms with Crippen molar-refractivity contribution in [2.45, 2.75) is 6.92 Å². The van der Waals surface area contributed by atoms with Crippen molar-refractivity contribution in [1.29, 1.82) is 0 Å². The molecule has 26 heavy (non-hydrogen) atoms. The minimum absolute atomic E-state index is 0.687. The van der Waals surface area contributed by atoms with E-state index in [1.165, 1.54) is 0 Å². The van der Waals surface area contributed by atoms with Gasteiger partial charge in [-0.15, -0.1) is 0 Å². The van der Waals surface area contributed by atoms with Gasteiger partial charge in [0.2, 0.25) is 0 Å². The number of hydrazone groups is 1. The van der Waals surface area contributed by atoms with Crippen LogP contribution in [-0.2, 0) is 0 Å². The monoisotopic (exact) mass is 351 g/mol. The molecule has 6 nitrogen and oxygen atoms in total. The molecule has 0 amide bonds. The third-order valence-electron chi connectivity index (χ3n) is 3.97. The first-order valence-corrected chi connectivity index (χ1v) is 8.11. The van der Waals surface area contributed by atoms with Crippen LogP contribution in [0, 0.1) is 6.92 Å². The highest BCUT2D eigenvalue weighted by molar-refractivity contribution is 5.93. The summed E-state index contributed by atoms with van der Waals surface area (Å²) in [6, 6.07) is 13.3. The van der Waals surface area contributed by atoms with Crippen LogP contribution >= 0.6 is 0 Å². The standard InChI is InChI=1S/C20H21N3O3/c1-13-9-19(17-10-15(24-2)7-8-18(17)22-13)23-21-12-14-5-6-16(25-3)11-20(14)26-4/h5-12H,1-4H3,(H,22,23)/b21-12+. The van der Waals surface area contributed by atoms with E-state index in [-0.39, 0.29) is 0 Å². The van der Waals surface area contributed by atoms with Crippen molar-refractivity contribution in [2.24, 2.45) is 5.10 Å². The molecule has 6 heteroatoms. The zero-order chi connectivity index (χ0) is 18.5. The molecule has 0 unspecified atom stereocenters. The molecule has 3 aromatic rings. The smallest absolute Gasteiger partial charge is 0.131 e. The lowest BCUT2D eigenvalue weighted by molar-refractivity contribution is 0.394. The first kappa shape index (κ1) is 17.5. The van der Waals surface area contributed by atoms with Gasteiger partial charge in [0.15, 0.2) is 0 Å². The molecule has 1 aromatic heterocycles. The fraction of sp³-hybridized carbons (Fsp3) is 0.200. The molecule has 0 atom stereocenters. The molecular weight excluding hydrogens is 330 g/mol. The first-order chi connectivity index (χ1) is 12.6. The Morgan fingerprint density at radius 2 is 1.65 bits per heavy atom. The van der Waals surface area contributed by atoms with Gasteiger partial charge in [0.05, 0.1) is 38.7 Å². The van der Waals surface area contributed by atoms with Crippen LogP contribution < -0.4 is 19.6 Å². The maximum Gasteiger partial charge on any atom is 0.131 e. The van der Waals surface area contributed by atoms with Crippen LogP contribution in [0.4, 0.5) is 5.69 Å². The summed E-state index contributed by atoms with van der Waals surface area (Å²) in [6.45, 7) is 1.95. The highest BCUT2D eigenvalue weighted by Gasteiger charge is 2.06. The zero-order valence-corrected chi connectivity index (χ0v) is 15.2. The number of nitrogens with zero attached hydrogens (tertiary/aromatic N) is 2. The fourth-order valence-corrected chi connectivity index (χ4v) is 2.65. The Bertz CT molecular complexity index is 954. The lowest BCUT2D eigenvalue weighted by atomic mass is 10.1. The van der Waals surface area contributed by atoms with E-state index in [1.54, 1.807) is 27.5 Å². The predicted molar refractivity (Wildman–Crippen MR) is 104 cm³/mol. The molecule has 2 aromatic carbocycles. The summed E-state index contributed by atoms with van der Waals surface area (Å²) in [6.07, 6.45) is 1.71. The Labute approximate surface area is 152 Å². The van der Waals surface area contributed by atoms with Crippen LogP contribution in [0.3, 0.4) is 0 Å². The van der Waals surface area contributed by atoms with Crippen LogP contribution in [0.2, 0.25) is 0 Å². The Kier molecular flexibility index (Phi) is 5.22. The first-order valence-electron chi connectivity index (χ1n) is 8.11. The normalized spacial score (nSPS) is 10.9. The van der Waals surface area contributed by atoms with Gasteiger partial charge in [-0.1, -0.05) is 0 Å². The molecule has 0 fully saturated rings. The molecule has 134 valence electrons. The third kappa shape index (κ3) is 3.69. The Morgan fingerprint density at radius 1 is 0.923 bits per heavy atom. The third-order valence-corrected chi connectivity index (χ3v) is 3.97. The van der Waals surface area contributed by atoms with Gasteiger partial charge in [0.25, 0.3) is 0 Å². The average molecular weight is 351 g/mol. The quantitative estimate of drug-likeness (QED) is 0.537. The fourth-order valence-electron chi connectivity index (χ4n) is 2.65. The molecule has 0 spiro atoms. The number of benzene rings is 2. The van der Waals surface area contributed by atoms with Crippen LogP contribution in [0.25, 0.3) is 10.9 Å². The van der Waals surface area contributed by atoms with Gasteiger partial charge in [0, 0.05) is 22.7 Å². The van der Waals surface area contributed by atoms with E-state index in [2.05, 4.69) is 15.5 Å². The number of ether oxygens (including phenoxy) is 3. The Hall–Kier alpha value is -3.28. The molecule has 3 rings (SSSR count). The Balaban J connectivity index is 1.91. The van der Waals surface area contributed by atoms with Crippen molar-refractivity contribution in [3.63, 3.8) is 0 Å². The summed E-state index contributed by atoms with van der Waals surface area (Å²) in [5.41, 5.74) is 6.58. The van der Waals surface area contributed by atoms with Crippen LogP contribution in [0.1, 0.15) is 11.3 Å². The van der Waals surface area contributed by atoms with E-state index in [9.17, 15) is 0 Å². The molecule has 0 aliphatic carbocycles. The van der Waals surface area contributed by atoms with Gasteiger partial charge in [-0.3, -0.25) is 10.4 Å². The number of aryl methyl sites for hydroxylation is 1. The van der Waals surface area contributed by atoms with E-state index in [0.717, 1.165) is 39.3 Å². The van der Waals surface area contributed by atoms with E-state index in [1.807, 2.05) is 49.4 Å². The number of pyridine rings is 1. The zero-order valence-electron chi connectivity index (χ0n) is 15.2. The number of rotatable bonds is 6. The Morgan fingerprint density at radius 3 is 2.38 bits per heavy atom. The van der Waals surface area contributed by atoms with Gasteiger partial charge < -0.3 is 14.2 Å². The van der Waals surface area contributed by atoms with E-state index in [4.69, 9.17) is 14.2 Å². The maximum atomic E-state index is 5.38. The molecular formula is C20H21N3O3. The molecule has 0 bridgehead atoms. The summed E-state index contributed by atoms with van der Waals surface area (Å²) >= 11 is 0. The summed E-state index contributed by atoms with van der Waals surface area (Å²) in [7, 11) is 4.88. The highest BCUT2D eigenvalue weighted by atomic mass is 16.5. The van der Waals surface area contributed by atoms with Crippen LogP contribution in [0.5, 0.6) is 17.2 Å². The molecule has 1 N–H and O–H groups in total. The summed E-state index contributed by atoms with van der Waals surface area (Å²) < 4.78 is 15.9. The van der Waals surface area contributed by atoms with E-state index < -0.39 is 0 Å². The number of hydrogen-bond acceptors (Lipinski definition) is 6. The number of nitrogens with one attached hydrogen (secondary N) is 1. The SMILES string of the molecule is COc1ccc(/C=N/Nc2cc(C)nc3ccc(OC)cc23)c(OC)c1. The van der Waals surface area contributed by atoms with Crippen molar-refractivity contribution in [1.82, 2.24) is 4.98 Å².